The van der Waals surface area contributed by atoms with Crippen molar-refractivity contribution in [2.45, 2.75) is 88.7 Å². The third-order valence-corrected chi connectivity index (χ3v) is 8.82. The highest BCUT2D eigenvalue weighted by atomic mass is 32.2. The van der Waals surface area contributed by atoms with E-state index in [4.69, 9.17) is 20.1 Å². The lowest BCUT2D eigenvalue weighted by atomic mass is 9.90. The molecule has 222 valence electrons. The van der Waals surface area contributed by atoms with Gasteiger partial charge in [0.25, 0.3) is 5.91 Å². The van der Waals surface area contributed by atoms with Gasteiger partial charge in [-0.3, -0.25) is 19.3 Å². The van der Waals surface area contributed by atoms with Crippen LogP contribution in [-0.4, -0.2) is 44.0 Å². The van der Waals surface area contributed by atoms with Gasteiger partial charge in [0.2, 0.25) is 0 Å². The summed E-state index contributed by atoms with van der Waals surface area (Å²) in [7, 11) is 0. The smallest absolute Gasteiger partial charge is 0.303 e. The maximum atomic E-state index is 13.6. The highest BCUT2D eigenvalue weighted by molar-refractivity contribution is 7.97. The van der Waals surface area contributed by atoms with Crippen LogP contribution in [0.1, 0.15) is 93.7 Å². The molecular weight excluding hydrogens is 548 g/mol. The van der Waals surface area contributed by atoms with E-state index in [9.17, 15) is 9.59 Å². The number of pyridine rings is 3. The van der Waals surface area contributed by atoms with Gasteiger partial charge < -0.3 is 15.3 Å². The van der Waals surface area contributed by atoms with Crippen molar-refractivity contribution in [3.63, 3.8) is 0 Å². The molecule has 1 saturated heterocycles. The van der Waals surface area contributed by atoms with Crippen LogP contribution in [0.3, 0.4) is 0 Å². The predicted molar refractivity (Wildman–Crippen MR) is 166 cm³/mol. The Bertz CT molecular complexity index is 1450. The van der Waals surface area contributed by atoms with Gasteiger partial charge in [-0.25, -0.2) is 9.97 Å². The predicted octanol–water partition coefficient (Wildman–Crippen LogP) is 6.18. The van der Waals surface area contributed by atoms with Crippen LogP contribution in [0, 0.1) is 5.92 Å². The molecule has 42 heavy (non-hydrogen) atoms. The average molecular weight is 589 g/mol. The van der Waals surface area contributed by atoms with Gasteiger partial charge in [-0.05, 0) is 81.3 Å². The van der Waals surface area contributed by atoms with E-state index in [-0.39, 0.29) is 29.3 Å². The highest BCUT2D eigenvalue weighted by Gasteiger charge is 2.41. The van der Waals surface area contributed by atoms with E-state index in [1.165, 1.54) is 11.9 Å². The van der Waals surface area contributed by atoms with Gasteiger partial charge in [0, 0.05) is 47.8 Å². The van der Waals surface area contributed by atoms with Crippen LogP contribution >= 0.6 is 11.9 Å². The molecule has 0 radical (unpaired) electrons. The minimum absolute atomic E-state index is 0.0802. The van der Waals surface area contributed by atoms with Crippen molar-refractivity contribution in [1.82, 2.24) is 19.7 Å². The molecule has 3 N–H and O–H groups in total. The number of nitrogens with one attached hydrogen (secondary N) is 2. The fourth-order valence-corrected chi connectivity index (χ4v) is 6.42. The van der Waals surface area contributed by atoms with Crippen molar-refractivity contribution in [2.24, 2.45) is 5.92 Å². The normalized spacial score (nSPS) is 20.5. The topological polar surface area (TPSA) is 120 Å². The molecule has 2 aliphatic heterocycles. The molecule has 0 aliphatic carbocycles. The summed E-state index contributed by atoms with van der Waals surface area (Å²) in [5.74, 6) is 0.828. The quantitative estimate of drug-likeness (QED) is 0.307. The Morgan fingerprint density at radius 2 is 1.93 bits per heavy atom. The first kappa shape index (κ1) is 29.8. The summed E-state index contributed by atoms with van der Waals surface area (Å²) in [5.41, 5.74) is 2.99. The van der Waals surface area contributed by atoms with E-state index in [0.29, 0.717) is 28.7 Å². The summed E-state index contributed by atoms with van der Waals surface area (Å²) in [6.07, 6.45) is 5.08. The van der Waals surface area contributed by atoms with Crippen LogP contribution in [0.15, 0.2) is 53.7 Å². The molecule has 2 aliphatic rings. The Morgan fingerprint density at radius 1 is 1.12 bits per heavy atom. The van der Waals surface area contributed by atoms with Crippen LogP contribution in [0.2, 0.25) is 0 Å². The number of carboxylic acids is 1. The monoisotopic (exact) mass is 588 g/mol. The molecule has 0 saturated carbocycles. The number of nitrogens with zero attached hydrogens (tertiary/aromatic N) is 4. The summed E-state index contributed by atoms with van der Waals surface area (Å²) in [6, 6.07) is 13.5. The lowest BCUT2D eigenvalue weighted by molar-refractivity contribution is -0.136. The fourth-order valence-electron chi connectivity index (χ4n) is 5.82. The molecule has 3 aromatic heterocycles. The Kier molecular flexibility index (Phi) is 8.46. The number of aromatic nitrogens is 3. The van der Waals surface area contributed by atoms with E-state index in [0.717, 1.165) is 48.6 Å². The van der Waals surface area contributed by atoms with Crippen LogP contribution in [0.4, 0.5) is 11.6 Å². The number of fused-ring (bicyclic) bond motifs is 6. The first-order chi connectivity index (χ1) is 19.9. The third kappa shape index (κ3) is 6.86. The molecular formula is C32H40N6O3S. The van der Waals surface area contributed by atoms with Crippen LogP contribution in [-0.2, 0) is 16.6 Å². The molecule has 2 unspecified atom stereocenters. The lowest BCUT2D eigenvalue weighted by Crippen LogP contribution is -2.40. The second kappa shape index (κ2) is 11.9. The summed E-state index contributed by atoms with van der Waals surface area (Å²) >= 11 is 1.19. The zero-order valence-electron chi connectivity index (χ0n) is 25.0. The van der Waals surface area contributed by atoms with E-state index < -0.39 is 5.97 Å². The number of carbonyl (C=O) groups is 2. The number of rotatable bonds is 4. The van der Waals surface area contributed by atoms with Crippen LogP contribution < -0.4 is 14.9 Å². The number of hydrogen-bond donors (Lipinski definition) is 3. The summed E-state index contributed by atoms with van der Waals surface area (Å²) in [5, 5.41) is 13.3. The Hall–Kier alpha value is -3.66. The van der Waals surface area contributed by atoms with Crippen molar-refractivity contribution in [3.8, 4) is 0 Å². The number of anilines is 2. The summed E-state index contributed by atoms with van der Waals surface area (Å²) in [4.78, 5) is 41.5. The van der Waals surface area contributed by atoms with Crippen molar-refractivity contribution in [3.05, 3.63) is 71.2 Å². The molecule has 9 nitrogen and oxygen atoms in total. The van der Waals surface area contributed by atoms with Crippen LogP contribution in [0.25, 0.3) is 0 Å². The van der Waals surface area contributed by atoms with Crippen molar-refractivity contribution in [2.75, 3.05) is 16.8 Å². The molecule has 0 spiro atoms. The van der Waals surface area contributed by atoms with Gasteiger partial charge in [0.1, 0.15) is 16.7 Å². The summed E-state index contributed by atoms with van der Waals surface area (Å²) in [6.45, 7) is 11.7. The first-order valence-electron chi connectivity index (χ1n) is 14.6. The number of aliphatic carboxylic acids is 1. The van der Waals surface area contributed by atoms with Crippen LogP contribution in [0.5, 0.6) is 0 Å². The molecule has 3 aromatic rings. The Labute approximate surface area is 252 Å². The molecule has 10 heteroatoms. The number of amides is 1. The second-order valence-corrected chi connectivity index (χ2v) is 13.8. The van der Waals surface area contributed by atoms with Gasteiger partial charge >= 0.3 is 5.97 Å². The zero-order chi connectivity index (χ0) is 30.1. The minimum Gasteiger partial charge on any atom is -0.481 e. The number of aryl methyl sites for hydroxylation is 1. The van der Waals surface area contributed by atoms with E-state index in [2.05, 4.69) is 49.6 Å². The SMILES string of the molecule is CC(C)(C)c1ccc2c(n1)N1CC(CCC(c3ccc(CCC(=O)O)cn3)Nc3cccc(n3)SNC2=O)CC1(C)C. The highest BCUT2D eigenvalue weighted by Crippen LogP contribution is 2.41. The fraction of sp³-hybridized carbons (Fsp3) is 0.469. The maximum Gasteiger partial charge on any atom is 0.303 e. The standard InChI is InChI=1S/C32H40N6O3S/c1-31(2,3)25-15-12-22-29(35-25)38-19-21(17-32(38,4)5)10-14-24(23-13-9-20(18-33-23)11-16-28(39)40)34-26-7-6-8-27(36-26)42-37-30(22)41/h6-9,12-13,15,18,21,24H,10-11,14,16-17,19H2,1-5H3,(H,34,36)(H,37,41)(H,39,40). The largest absolute Gasteiger partial charge is 0.481 e. The number of carboxylic acid groups (broad SMARTS) is 1. The van der Waals surface area contributed by atoms with Gasteiger partial charge in [0.15, 0.2) is 0 Å². The van der Waals surface area contributed by atoms with Gasteiger partial charge in [-0.15, -0.1) is 0 Å². The third-order valence-electron chi connectivity index (χ3n) is 8.09. The van der Waals surface area contributed by atoms with Gasteiger partial charge in [-0.1, -0.05) is 32.9 Å². The molecule has 0 aromatic carbocycles. The van der Waals surface area contributed by atoms with Crippen molar-refractivity contribution < 1.29 is 14.7 Å². The average Bonchev–Trinajstić information content (AvgIpc) is 3.25. The Morgan fingerprint density at radius 3 is 2.64 bits per heavy atom. The van der Waals surface area contributed by atoms with E-state index in [1.807, 2.05) is 42.5 Å². The molecule has 5 heterocycles. The van der Waals surface area contributed by atoms with E-state index >= 15 is 0 Å². The molecule has 4 bridgehead atoms. The van der Waals surface area contributed by atoms with Crippen molar-refractivity contribution in [1.29, 1.82) is 0 Å². The van der Waals surface area contributed by atoms with Gasteiger partial charge in [0.05, 0.1) is 17.3 Å². The van der Waals surface area contributed by atoms with Crippen molar-refractivity contribution >= 4 is 35.5 Å². The Balaban J connectivity index is 1.49. The van der Waals surface area contributed by atoms with E-state index in [1.54, 1.807) is 6.20 Å². The zero-order valence-corrected chi connectivity index (χ0v) is 25.8. The molecule has 5 rings (SSSR count). The molecule has 1 amide bonds. The maximum absolute atomic E-state index is 13.6. The lowest BCUT2D eigenvalue weighted by Gasteiger charge is -2.34. The number of hydrogen-bond acceptors (Lipinski definition) is 8. The minimum atomic E-state index is -0.816. The first-order valence-corrected chi connectivity index (χ1v) is 15.4. The molecule has 1 fully saturated rings. The second-order valence-electron chi connectivity index (χ2n) is 13.0. The number of carbonyl (C=O) groups excluding carboxylic acids is 1. The molecule has 2 atom stereocenters. The summed E-state index contributed by atoms with van der Waals surface area (Å²) < 4.78 is 3.00. The van der Waals surface area contributed by atoms with Gasteiger partial charge in [-0.2, -0.15) is 0 Å².